The zero-order valence-corrected chi connectivity index (χ0v) is 31.1. The van der Waals surface area contributed by atoms with Gasteiger partial charge in [-0.15, -0.1) is 0 Å². The summed E-state index contributed by atoms with van der Waals surface area (Å²) in [4.78, 5) is 12.3. The predicted octanol–water partition coefficient (Wildman–Crippen LogP) is 9.19. The molecule has 2 aromatic rings. The number of pyridine rings is 1. The Labute approximate surface area is 298 Å². The molecule has 0 radical (unpaired) electrons. The Morgan fingerprint density at radius 3 is 1.90 bits per heavy atom. The highest BCUT2D eigenvalue weighted by molar-refractivity contribution is 8.13. The molecule has 1 amide bonds. The standard InChI is InChI=1S/C32H48N2O2.C2F6NO4S2/c1-6-7-21-30-22-14-16-24-34(30)23-15-12-10-8-9-11-13-17-25-36-31(35)33-32(4,5)29-20-18-19-28(26-29)27(2)3;3-1(4,5)14(10,11)9-15(12,13)2(6,7)8/h14,16,18-20,22,24,26H,2,6-13,15,17,21,23,25H2,1,3-5H3;/q;-1/p+1. The number of aromatic nitrogens is 1. The fourth-order valence-electron chi connectivity index (χ4n) is 4.67. The lowest BCUT2D eigenvalue weighted by atomic mass is 9.92. The largest absolute Gasteiger partial charge is 0.480 e. The number of aryl methyl sites for hydroxylation is 2. The van der Waals surface area contributed by atoms with E-state index in [-0.39, 0.29) is 6.09 Å². The minimum absolute atomic E-state index is 0.352. The average molecular weight is 774 g/mol. The van der Waals surface area contributed by atoms with Crippen LogP contribution in [0.1, 0.15) is 109 Å². The van der Waals surface area contributed by atoms with Crippen LogP contribution < -0.4 is 9.88 Å². The maximum atomic E-state index is 12.3. The lowest BCUT2D eigenvalue weighted by Gasteiger charge is -2.27. The Balaban J connectivity index is 0.000000728. The second-order valence-electron chi connectivity index (χ2n) is 12.5. The van der Waals surface area contributed by atoms with E-state index in [9.17, 15) is 48.0 Å². The van der Waals surface area contributed by atoms with E-state index < -0.39 is 36.6 Å². The van der Waals surface area contributed by atoms with Crippen LogP contribution in [0, 0.1) is 0 Å². The van der Waals surface area contributed by atoms with E-state index in [1.165, 1.54) is 63.5 Å². The van der Waals surface area contributed by atoms with Crippen molar-refractivity contribution in [3.63, 3.8) is 0 Å². The van der Waals surface area contributed by atoms with E-state index >= 15 is 0 Å². The topological polar surface area (TPSA) is 125 Å². The molecule has 1 aromatic carbocycles. The lowest BCUT2D eigenvalue weighted by Crippen LogP contribution is -2.41. The molecule has 0 saturated heterocycles. The summed E-state index contributed by atoms with van der Waals surface area (Å²) in [7, 11) is -13.4. The number of unbranched alkanes of at least 4 members (excludes halogenated alkanes) is 8. The molecule has 0 bridgehead atoms. The van der Waals surface area contributed by atoms with Gasteiger partial charge in [0.05, 0.1) is 12.1 Å². The molecule has 0 saturated carbocycles. The van der Waals surface area contributed by atoms with Crippen LogP contribution in [0.3, 0.4) is 0 Å². The Kier molecular flexibility index (Phi) is 18.7. The van der Waals surface area contributed by atoms with Crippen LogP contribution >= 0.6 is 0 Å². The Bertz CT molecular complexity index is 1570. The molecule has 1 N–H and O–H groups in total. The molecule has 17 heteroatoms. The highest BCUT2D eigenvalue weighted by atomic mass is 32.3. The normalized spacial score (nSPS) is 12.5. The first-order valence-electron chi connectivity index (χ1n) is 16.6. The van der Waals surface area contributed by atoms with Crippen molar-refractivity contribution in [1.82, 2.24) is 5.32 Å². The smallest absolute Gasteiger partial charge is 0.450 e. The number of carbonyl (C=O) groups excluding carboxylic acids is 1. The number of amides is 1. The van der Waals surface area contributed by atoms with Gasteiger partial charge in [-0.1, -0.05) is 81.9 Å². The number of alkyl halides is 6. The van der Waals surface area contributed by atoms with Crippen LogP contribution in [0.25, 0.3) is 9.70 Å². The number of nitrogens with zero attached hydrogens (tertiary/aromatic N) is 2. The first-order chi connectivity index (χ1) is 23.5. The van der Waals surface area contributed by atoms with Crippen LogP contribution in [-0.2, 0) is 43.3 Å². The fraction of sp³-hybridized carbons (Fsp3) is 0.588. The number of halogens is 6. The van der Waals surface area contributed by atoms with Crippen molar-refractivity contribution in [1.29, 1.82) is 0 Å². The van der Waals surface area contributed by atoms with Crippen molar-refractivity contribution in [2.24, 2.45) is 0 Å². The second kappa shape index (κ2) is 20.8. The maximum Gasteiger partial charge on any atom is 0.480 e. The maximum absolute atomic E-state index is 12.3. The molecule has 2 rings (SSSR count). The third kappa shape index (κ3) is 16.8. The van der Waals surface area contributed by atoms with Gasteiger partial charge in [-0.3, -0.25) is 0 Å². The summed E-state index contributed by atoms with van der Waals surface area (Å²) < 4.78 is 117. The third-order valence-corrected chi connectivity index (χ3v) is 10.4. The van der Waals surface area contributed by atoms with Gasteiger partial charge in [0.1, 0.15) is 6.54 Å². The van der Waals surface area contributed by atoms with Gasteiger partial charge in [-0.25, -0.2) is 26.2 Å². The second-order valence-corrected chi connectivity index (χ2v) is 15.9. The minimum atomic E-state index is -6.72. The van der Waals surface area contributed by atoms with Crippen molar-refractivity contribution in [2.45, 2.75) is 121 Å². The molecule has 0 unspecified atom stereocenters. The highest BCUT2D eigenvalue weighted by Crippen LogP contribution is 2.36. The fourth-order valence-corrected chi connectivity index (χ4v) is 6.38. The van der Waals surface area contributed by atoms with Gasteiger partial charge in [0.15, 0.2) is 31.9 Å². The number of ether oxygens (including phenoxy) is 1. The van der Waals surface area contributed by atoms with Gasteiger partial charge in [-0.05, 0) is 57.2 Å². The molecule has 0 aliphatic carbocycles. The molecule has 0 fully saturated rings. The van der Waals surface area contributed by atoms with E-state index in [2.05, 4.69) is 53.8 Å². The van der Waals surface area contributed by atoms with Crippen molar-refractivity contribution in [2.75, 3.05) is 6.61 Å². The summed E-state index contributed by atoms with van der Waals surface area (Å²) in [5.74, 6) is 0. The number of sulfonamides is 2. The summed E-state index contributed by atoms with van der Waals surface area (Å²) in [6.45, 7) is 13.9. The molecular weight excluding hydrogens is 725 g/mol. The number of benzene rings is 1. The van der Waals surface area contributed by atoms with Gasteiger partial charge in [0.25, 0.3) is 0 Å². The predicted molar refractivity (Wildman–Crippen MR) is 184 cm³/mol. The van der Waals surface area contributed by atoms with Crippen LogP contribution in [-0.4, -0.2) is 40.6 Å². The molecule has 1 heterocycles. The van der Waals surface area contributed by atoms with E-state index in [1.807, 2.05) is 39.0 Å². The highest BCUT2D eigenvalue weighted by Gasteiger charge is 2.47. The van der Waals surface area contributed by atoms with E-state index in [0.717, 1.165) is 40.2 Å². The van der Waals surface area contributed by atoms with Gasteiger partial charge in [-0.2, -0.15) is 26.3 Å². The number of nitrogens with one attached hydrogen (secondary N) is 1. The van der Waals surface area contributed by atoms with Crippen molar-refractivity contribution in [3.8, 4) is 0 Å². The monoisotopic (exact) mass is 773 g/mol. The van der Waals surface area contributed by atoms with Gasteiger partial charge < -0.3 is 14.2 Å². The van der Waals surface area contributed by atoms with E-state index in [1.54, 1.807) is 0 Å². The summed E-state index contributed by atoms with van der Waals surface area (Å²) >= 11 is 0. The van der Waals surface area contributed by atoms with Crippen molar-refractivity contribution >= 4 is 31.7 Å². The van der Waals surface area contributed by atoms with E-state index in [0.29, 0.717) is 6.61 Å². The zero-order valence-electron chi connectivity index (χ0n) is 29.4. The number of hydrogen-bond donors (Lipinski definition) is 1. The lowest BCUT2D eigenvalue weighted by molar-refractivity contribution is -0.704. The quantitative estimate of drug-likeness (QED) is 0.0863. The third-order valence-electron chi connectivity index (χ3n) is 7.62. The summed E-state index contributed by atoms with van der Waals surface area (Å²) in [6, 6.07) is 14.7. The van der Waals surface area contributed by atoms with Crippen molar-refractivity contribution in [3.05, 3.63) is 76.2 Å². The minimum Gasteiger partial charge on any atom is -0.450 e. The average Bonchev–Trinajstić information content (AvgIpc) is 3.01. The van der Waals surface area contributed by atoms with Crippen LogP contribution in [0.4, 0.5) is 31.1 Å². The Hall–Kier alpha value is -3.18. The Morgan fingerprint density at radius 2 is 1.37 bits per heavy atom. The number of hydrogen-bond acceptors (Lipinski definition) is 6. The van der Waals surface area contributed by atoms with Crippen LogP contribution in [0.15, 0.2) is 55.2 Å². The molecule has 9 nitrogen and oxygen atoms in total. The molecular formula is C34H49F6N3O6S2. The van der Waals surface area contributed by atoms with Gasteiger partial charge in [0, 0.05) is 25.0 Å². The molecule has 0 aliphatic rings. The summed E-state index contributed by atoms with van der Waals surface area (Å²) in [5, 5.41) is 3.00. The SMILES string of the molecule is C=C(C)c1cccc(C(C)(C)NC(=O)OCCCCCCCCCC[n+]2ccccc2CCCC)c1.O=S(=O)([N-]S(=O)(=O)C(F)(F)F)C(F)(F)F. The van der Waals surface area contributed by atoms with Crippen molar-refractivity contribution < 1.29 is 57.3 Å². The molecule has 0 atom stereocenters. The number of rotatable bonds is 19. The first kappa shape index (κ1) is 45.8. The molecule has 290 valence electrons. The van der Waals surface area contributed by atoms with Crippen LogP contribution in [0.2, 0.25) is 0 Å². The summed E-state index contributed by atoms with van der Waals surface area (Å²) in [5.41, 5.74) is -8.30. The number of allylic oxidation sites excluding steroid dienone is 1. The van der Waals surface area contributed by atoms with E-state index in [4.69, 9.17) is 4.74 Å². The molecule has 0 aliphatic heterocycles. The summed E-state index contributed by atoms with van der Waals surface area (Å²) in [6.07, 6.45) is 15.2. The molecule has 0 spiro atoms. The number of carbonyl (C=O) groups is 1. The molecule has 51 heavy (non-hydrogen) atoms. The zero-order chi connectivity index (χ0) is 38.9. The number of alkyl carbamates (subject to hydrolysis) is 1. The first-order valence-corrected chi connectivity index (χ1v) is 19.5. The van der Waals surface area contributed by atoms with Gasteiger partial charge in [0.2, 0.25) is 0 Å². The molecule has 1 aromatic heterocycles. The Morgan fingerprint density at radius 1 is 0.824 bits per heavy atom. The van der Waals surface area contributed by atoms with Gasteiger partial charge >= 0.3 is 17.1 Å². The van der Waals surface area contributed by atoms with Crippen LogP contribution in [0.5, 0.6) is 0 Å².